The Balaban J connectivity index is 1.37. The number of nitrogens with one attached hydrogen (secondary N) is 1. The minimum Gasteiger partial charge on any atom is -0.494 e. The number of nitro groups is 1. The fourth-order valence-corrected chi connectivity index (χ4v) is 3.47. The summed E-state index contributed by atoms with van der Waals surface area (Å²) >= 11 is 0. The molecule has 1 fully saturated rings. The van der Waals surface area contributed by atoms with Crippen molar-refractivity contribution >= 4 is 17.3 Å². The van der Waals surface area contributed by atoms with E-state index in [0.29, 0.717) is 25.3 Å². The standard InChI is InChI=1S/C22H28N4O4/c1-2-30-21-8-6-18(7-9-21)17-25-14-12-24(13-15-25)11-10-22(27)23-19-4-3-5-20(16-19)26(28)29/h3-9,16H,2,10-15,17H2,1H3,(H,23,27). The van der Waals surface area contributed by atoms with Crippen LogP contribution in [0.2, 0.25) is 0 Å². The van der Waals surface area contributed by atoms with Crippen molar-refractivity contribution in [1.29, 1.82) is 0 Å². The minimum atomic E-state index is -0.470. The predicted octanol–water partition coefficient (Wildman–Crippen LogP) is 3.14. The highest BCUT2D eigenvalue weighted by Crippen LogP contribution is 2.17. The van der Waals surface area contributed by atoms with Crippen LogP contribution in [0.5, 0.6) is 5.75 Å². The molecule has 2 aromatic carbocycles. The van der Waals surface area contributed by atoms with E-state index < -0.39 is 4.92 Å². The highest BCUT2D eigenvalue weighted by molar-refractivity contribution is 5.91. The van der Waals surface area contributed by atoms with Gasteiger partial charge in [0.05, 0.1) is 11.5 Å². The summed E-state index contributed by atoms with van der Waals surface area (Å²) < 4.78 is 5.48. The number of ether oxygens (including phenoxy) is 1. The van der Waals surface area contributed by atoms with Crippen molar-refractivity contribution in [3.8, 4) is 5.75 Å². The average molecular weight is 412 g/mol. The van der Waals surface area contributed by atoms with Gasteiger partial charge in [0.25, 0.3) is 5.69 Å². The van der Waals surface area contributed by atoms with E-state index in [-0.39, 0.29) is 11.6 Å². The summed E-state index contributed by atoms with van der Waals surface area (Å²) in [6, 6.07) is 14.2. The highest BCUT2D eigenvalue weighted by atomic mass is 16.6. The monoisotopic (exact) mass is 412 g/mol. The van der Waals surface area contributed by atoms with Crippen LogP contribution in [0.1, 0.15) is 18.9 Å². The molecule has 1 aliphatic heterocycles. The number of nitro benzene ring substituents is 1. The molecule has 8 nitrogen and oxygen atoms in total. The Morgan fingerprint density at radius 3 is 2.47 bits per heavy atom. The van der Waals surface area contributed by atoms with Crippen LogP contribution < -0.4 is 10.1 Å². The van der Waals surface area contributed by atoms with Gasteiger partial charge in [0.1, 0.15) is 5.75 Å². The first-order valence-corrected chi connectivity index (χ1v) is 10.2. The number of carbonyl (C=O) groups is 1. The van der Waals surface area contributed by atoms with Crippen molar-refractivity contribution in [2.75, 3.05) is 44.6 Å². The van der Waals surface area contributed by atoms with Gasteiger partial charge >= 0.3 is 0 Å². The number of amides is 1. The summed E-state index contributed by atoms with van der Waals surface area (Å²) in [4.78, 5) is 27.2. The number of nitrogens with zero attached hydrogens (tertiary/aromatic N) is 3. The number of benzene rings is 2. The molecule has 0 unspecified atom stereocenters. The number of non-ortho nitro benzene ring substituents is 1. The van der Waals surface area contributed by atoms with E-state index in [1.807, 2.05) is 19.1 Å². The maximum Gasteiger partial charge on any atom is 0.271 e. The van der Waals surface area contributed by atoms with Crippen LogP contribution in [-0.4, -0.2) is 60.0 Å². The van der Waals surface area contributed by atoms with E-state index >= 15 is 0 Å². The van der Waals surface area contributed by atoms with Crippen molar-refractivity contribution in [1.82, 2.24) is 9.80 Å². The molecule has 1 amide bonds. The topological polar surface area (TPSA) is 88.0 Å². The molecular formula is C22H28N4O4. The summed E-state index contributed by atoms with van der Waals surface area (Å²) in [6.45, 7) is 7.99. The number of anilines is 1. The van der Waals surface area contributed by atoms with Gasteiger partial charge in [-0.3, -0.25) is 19.8 Å². The van der Waals surface area contributed by atoms with Crippen LogP contribution in [0.4, 0.5) is 11.4 Å². The van der Waals surface area contributed by atoms with Crippen LogP contribution >= 0.6 is 0 Å². The Bertz CT molecular complexity index is 848. The Morgan fingerprint density at radius 1 is 1.10 bits per heavy atom. The molecule has 1 N–H and O–H groups in total. The second-order valence-corrected chi connectivity index (χ2v) is 7.30. The van der Waals surface area contributed by atoms with Gasteiger partial charge in [-0.1, -0.05) is 18.2 Å². The lowest BCUT2D eigenvalue weighted by Crippen LogP contribution is -2.46. The third kappa shape index (κ3) is 6.53. The third-order valence-corrected chi connectivity index (χ3v) is 5.10. The molecule has 160 valence electrons. The van der Waals surface area contributed by atoms with Gasteiger partial charge in [-0.15, -0.1) is 0 Å². The van der Waals surface area contributed by atoms with E-state index in [1.54, 1.807) is 12.1 Å². The second kappa shape index (κ2) is 10.7. The maximum atomic E-state index is 12.2. The van der Waals surface area contributed by atoms with Gasteiger partial charge < -0.3 is 15.0 Å². The molecule has 3 rings (SSSR count). The zero-order valence-electron chi connectivity index (χ0n) is 17.3. The van der Waals surface area contributed by atoms with Crippen LogP contribution in [0.25, 0.3) is 0 Å². The molecule has 0 saturated carbocycles. The summed E-state index contributed by atoms with van der Waals surface area (Å²) in [5, 5.41) is 13.6. The molecule has 0 aliphatic carbocycles. The van der Waals surface area contributed by atoms with Gasteiger partial charge in [0.2, 0.25) is 5.91 Å². The van der Waals surface area contributed by atoms with Crippen molar-refractivity contribution in [3.05, 3.63) is 64.2 Å². The molecular weight excluding hydrogens is 384 g/mol. The summed E-state index contributed by atoms with van der Waals surface area (Å²) in [6.07, 6.45) is 0.363. The zero-order valence-corrected chi connectivity index (χ0v) is 17.3. The minimum absolute atomic E-state index is 0.0311. The predicted molar refractivity (Wildman–Crippen MR) is 116 cm³/mol. The normalized spacial score (nSPS) is 15.0. The lowest BCUT2D eigenvalue weighted by Gasteiger charge is -2.34. The zero-order chi connectivity index (χ0) is 21.3. The number of rotatable bonds is 9. The maximum absolute atomic E-state index is 12.2. The second-order valence-electron chi connectivity index (χ2n) is 7.30. The fraction of sp³-hybridized carbons (Fsp3) is 0.409. The molecule has 30 heavy (non-hydrogen) atoms. The lowest BCUT2D eigenvalue weighted by atomic mass is 10.2. The van der Waals surface area contributed by atoms with Gasteiger partial charge in [-0.2, -0.15) is 0 Å². The van der Waals surface area contributed by atoms with Crippen molar-refractivity contribution in [3.63, 3.8) is 0 Å². The molecule has 0 aromatic heterocycles. The third-order valence-electron chi connectivity index (χ3n) is 5.10. The quantitative estimate of drug-likeness (QED) is 0.503. The molecule has 0 atom stereocenters. The van der Waals surface area contributed by atoms with E-state index in [1.165, 1.54) is 17.7 Å². The SMILES string of the molecule is CCOc1ccc(CN2CCN(CCC(=O)Nc3cccc([N+](=O)[O-])c3)CC2)cc1. The molecule has 0 bridgehead atoms. The molecule has 8 heteroatoms. The Hall–Kier alpha value is -2.97. The summed E-state index contributed by atoms with van der Waals surface area (Å²) in [5.41, 5.74) is 1.69. The first-order valence-electron chi connectivity index (χ1n) is 10.2. The summed E-state index contributed by atoms with van der Waals surface area (Å²) in [7, 11) is 0. The molecule has 1 heterocycles. The van der Waals surface area contributed by atoms with Gasteiger partial charge in [-0.05, 0) is 30.7 Å². The lowest BCUT2D eigenvalue weighted by molar-refractivity contribution is -0.384. The van der Waals surface area contributed by atoms with E-state index in [0.717, 1.165) is 38.5 Å². The van der Waals surface area contributed by atoms with Gasteiger partial charge in [-0.25, -0.2) is 0 Å². The highest BCUT2D eigenvalue weighted by Gasteiger charge is 2.18. The Morgan fingerprint density at radius 2 is 1.80 bits per heavy atom. The van der Waals surface area contributed by atoms with Crippen molar-refractivity contribution in [2.45, 2.75) is 19.9 Å². The van der Waals surface area contributed by atoms with Crippen LogP contribution in [-0.2, 0) is 11.3 Å². The van der Waals surface area contributed by atoms with Crippen LogP contribution in [0, 0.1) is 10.1 Å². The molecule has 0 radical (unpaired) electrons. The fourth-order valence-electron chi connectivity index (χ4n) is 3.47. The number of piperazine rings is 1. The average Bonchev–Trinajstić information content (AvgIpc) is 2.75. The number of carbonyl (C=O) groups excluding carboxylic acids is 1. The van der Waals surface area contributed by atoms with Crippen LogP contribution in [0.3, 0.4) is 0 Å². The smallest absolute Gasteiger partial charge is 0.271 e. The first kappa shape index (κ1) is 21.7. The number of hydrogen-bond donors (Lipinski definition) is 1. The Kier molecular flexibility index (Phi) is 7.75. The molecule has 1 aliphatic rings. The van der Waals surface area contributed by atoms with Crippen LogP contribution in [0.15, 0.2) is 48.5 Å². The van der Waals surface area contributed by atoms with Gasteiger partial charge in [0.15, 0.2) is 0 Å². The molecule has 1 saturated heterocycles. The van der Waals surface area contributed by atoms with Crippen molar-refractivity contribution in [2.24, 2.45) is 0 Å². The molecule has 2 aromatic rings. The van der Waals surface area contributed by atoms with E-state index in [4.69, 9.17) is 4.74 Å². The Labute approximate surface area is 176 Å². The summed E-state index contributed by atoms with van der Waals surface area (Å²) in [5.74, 6) is 0.766. The van der Waals surface area contributed by atoms with Crippen molar-refractivity contribution < 1.29 is 14.5 Å². The largest absolute Gasteiger partial charge is 0.494 e. The van der Waals surface area contributed by atoms with E-state index in [9.17, 15) is 14.9 Å². The van der Waals surface area contributed by atoms with Gasteiger partial charge in [0, 0.05) is 63.5 Å². The molecule has 0 spiro atoms. The number of hydrogen-bond acceptors (Lipinski definition) is 6. The van der Waals surface area contributed by atoms with E-state index in [2.05, 4.69) is 27.2 Å². The first-order chi connectivity index (χ1) is 14.5.